The molecule has 0 atom stereocenters. The Morgan fingerprint density at radius 3 is 2.20 bits per heavy atom. The lowest BCUT2D eigenvalue weighted by atomic mass is 10.1. The van der Waals surface area contributed by atoms with E-state index in [0.29, 0.717) is 4.90 Å². The second-order valence-corrected chi connectivity index (χ2v) is 6.63. The second kappa shape index (κ2) is 4.33. The second-order valence-electron chi connectivity index (χ2n) is 4.05. The molecule has 15 heavy (non-hydrogen) atoms. The first kappa shape index (κ1) is 12.2. The van der Waals surface area contributed by atoms with Crippen molar-refractivity contribution in [2.24, 2.45) is 0 Å². The van der Waals surface area contributed by atoms with E-state index in [1.807, 2.05) is 0 Å². The van der Waals surface area contributed by atoms with E-state index >= 15 is 0 Å². The highest BCUT2D eigenvalue weighted by Gasteiger charge is 2.34. The Morgan fingerprint density at radius 1 is 1.20 bits per heavy atom. The van der Waals surface area contributed by atoms with Gasteiger partial charge in [-0.25, -0.2) is 8.42 Å². The first-order chi connectivity index (χ1) is 6.92. The lowest BCUT2D eigenvalue weighted by Crippen LogP contribution is -2.32. The van der Waals surface area contributed by atoms with Gasteiger partial charge in [-0.3, -0.25) is 0 Å². The predicted octanol–water partition coefficient (Wildman–Crippen LogP) is 1.62. The van der Waals surface area contributed by atoms with Crippen LogP contribution in [0, 0.1) is 0 Å². The van der Waals surface area contributed by atoms with Crippen LogP contribution in [0.2, 0.25) is 0 Å². The zero-order valence-corrected chi connectivity index (χ0v) is 9.79. The van der Waals surface area contributed by atoms with E-state index in [2.05, 4.69) is 0 Å². The maximum atomic E-state index is 12.1. The largest absolute Gasteiger partial charge is 0.396 e. The van der Waals surface area contributed by atoms with Crippen LogP contribution < -0.4 is 0 Å². The highest BCUT2D eigenvalue weighted by Crippen LogP contribution is 2.27. The molecule has 0 spiro atoms. The molecule has 0 fully saturated rings. The molecule has 1 aromatic carbocycles. The van der Waals surface area contributed by atoms with Crippen molar-refractivity contribution in [3.63, 3.8) is 0 Å². The van der Waals surface area contributed by atoms with E-state index in [9.17, 15) is 8.42 Å². The molecule has 1 aromatic rings. The van der Waals surface area contributed by atoms with Gasteiger partial charge in [-0.1, -0.05) is 18.2 Å². The average molecular weight is 228 g/mol. The monoisotopic (exact) mass is 228 g/mol. The van der Waals surface area contributed by atoms with E-state index in [4.69, 9.17) is 5.11 Å². The molecule has 0 aliphatic rings. The van der Waals surface area contributed by atoms with Gasteiger partial charge in [0, 0.05) is 6.61 Å². The summed E-state index contributed by atoms with van der Waals surface area (Å²) in [6.45, 7) is 3.14. The van der Waals surface area contributed by atoms with Crippen molar-refractivity contribution < 1.29 is 13.5 Å². The summed E-state index contributed by atoms with van der Waals surface area (Å²) in [5.74, 6) is 0. The number of hydrogen-bond donors (Lipinski definition) is 1. The Kier molecular flexibility index (Phi) is 3.52. The molecule has 4 heteroatoms. The molecule has 84 valence electrons. The number of hydrogen-bond acceptors (Lipinski definition) is 3. The van der Waals surface area contributed by atoms with Crippen LogP contribution in [0.4, 0.5) is 0 Å². The minimum atomic E-state index is -3.36. The normalized spacial score (nSPS) is 12.7. The third kappa shape index (κ3) is 2.38. The first-order valence-corrected chi connectivity index (χ1v) is 6.31. The Balaban J connectivity index is 3.14. The van der Waals surface area contributed by atoms with Crippen LogP contribution in [0.25, 0.3) is 0 Å². The standard InChI is InChI=1S/C11H16O3S/c1-11(2,8-9-12)15(13,14)10-6-4-3-5-7-10/h3-7,12H,8-9H2,1-2H3. The van der Waals surface area contributed by atoms with E-state index in [-0.39, 0.29) is 13.0 Å². The number of benzene rings is 1. The highest BCUT2D eigenvalue weighted by atomic mass is 32.2. The summed E-state index contributed by atoms with van der Waals surface area (Å²) in [6.07, 6.45) is 0.240. The molecular formula is C11H16O3S. The van der Waals surface area contributed by atoms with Crippen molar-refractivity contribution in [1.82, 2.24) is 0 Å². The lowest BCUT2D eigenvalue weighted by Gasteiger charge is -2.23. The van der Waals surface area contributed by atoms with E-state index in [0.717, 1.165) is 0 Å². The van der Waals surface area contributed by atoms with Gasteiger partial charge in [-0.2, -0.15) is 0 Å². The quantitative estimate of drug-likeness (QED) is 0.852. The fourth-order valence-electron chi connectivity index (χ4n) is 1.32. The molecule has 0 amide bonds. The minimum Gasteiger partial charge on any atom is -0.396 e. The summed E-state index contributed by atoms with van der Waals surface area (Å²) in [5.41, 5.74) is 0. The maximum Gasteiger partial charge on any atom is 0.183 e. The molecule has 1 rings (SSSR count). The predicted molar refractivity (Wildman–Crippen MR) is 59.4 cm³/mol. The van der Waals surface area contributed by atoms with Crippen molar-refractivity contribution in [3.05, 3.63) is 30.3 Å². The van der Waals surface area contributed by atoms with Crippen LogP contribution in [-0.2, 0) is 9.84 Å². The SMILES string of the molecule is CC(C)(CCO)S(=O)(=O)c1ccccc1. The molecule has 0 unspecified atom stereocenters. The van der Waals surface area contributed by atoms with Gasteiger partial charge in [-0.05, 0) is 32.4 Å². The number of sulfone groups is 1. The summed E-state index contributed by atoms with van der Waals surface area (Å²) in [6, 6.07) is 8.32. The molecule has 0 saturated carbocycles. The summed E-state index contributed by atoms with van der Waals surface area (Å²) < 4.78 is 23.3. The first-order valence-electron chi connectivity index (χ1n) is 4.82. The number of rotatable bonds is 4. The Morgan fingerprint density at radius 2 is 1.73 bits per heavy atom. The van der Waals surface area contributed by atoms with E-state index < -0.39 is 14.6 Å². The Hall–Kier alpha value is -0.870. The smallest absolute Gasteiger partial charge is 0.183 e. The van der Waals surface area contributed by atoms with Crippen molar-refractivity contribution >= 4 is 9.84 Å². The third-order valence-corrected chi connectivity index (χ3v) is 5.05. The summed E-state index contributed by atoms with van der Waals surface area (Å²) in [5, 5.41) is 8.85. The number of aliphatic hydroxyl groups is 1. The third-order valence-electron chi connectivity index (χ3n) is 2.49. The van der Waals surface area contributed by atoms with Crippen molar-refractivity contribution in [3.8, 4) is 0 Å². The molecule has 0 radical (unpaired) electrons. The van der Waals surface area contributed by atoms with Gasteiger partial charge in [0.15, 0.2) is 9.84 Å². The average Bonchev–Trinajstić information content (AvgIpc) is 2.19. The molecule has 0 heterocycles. The van der Waals surface area contributed by atoms with Gasteiger partial charge >= 0.3 is 0 Å². The van der Waals surface area contributed by atoms with Gasteiger partial charge in [-0.15, -0.1) is 0 Å². The summed E-state index contributed by atoms with van der Waals surface area (Å²) in [4.78, 5) is 0.309. The zero-order valence-electron chi connectivity index (χ0n) is 8.97. The maximum absolute atomic E-state index is 12.1. The van der Waals surface area contributed by atoms with Gasteiger partial charge in [0.25, 0.3) is 0 Å². The van der Waals surface area contributed by atoms with Gasteiger partial charge in [0.1, 0.15) is 0 Å². The van der Waals surface area contributed by atoms with E-state index in [1.54, 1.807) is 44.2 Å². The molecule has 0 saturated heterocycles. The summed E-state index contributed by atoms with van der Waals surface area (Å²) in [7, 11) is -3.36. The molecule has 0 aliphatic carbocycles. The van der Waals surface area contributed by atoms with Crippen LogP contribution in [0.15, 0.2) is 35.2 Å². The zero-order chi connectivity index (χ0) is 11.5. The van der Waals surface area contributed by atoms with Crippen molar-refractivity contribution in [1.29, 1.82) is 0 Å². The molecule has 1 N–H and O–H groups in total. The van der Waals surface area contributed by atoms with Gasteiger partial charge in [0.05, 0.1) is 9.64 Å². The van der Waals surface area contributed by atoms with E-state index in [1.165, 1.54) is 0 Å². The van der Waals surface area contributed by atoms with Gasteiger partial charge < -0.3 is 5.11 Å². The fourth-order valence-corrected chi connectivity index (χ4v) is 2.84. The Labute approximate surface area is 90.7 Å². The summed E-state index contributed by atoms with van der Waals surface area (Å²) >= 11 is 0. The van der Waals surface area contributed by atoms with Crippen molar-refractivity contribution in [2.75, 3.05) is 6.61 Å². The molecule has 0 bridgehead atoms. The molecule has 0 aliphatic heterocycles. The van der Waals surface area contributed by atoms with Crippen molar-refractivity contribution in [2.45, 2.75) is 29.9 Å². The van der Waals surface area contributed by atoms with Gasteiger partial charge in [0.2, 0.25) is 0 Å². The molecule has 3 nitrogen and oxygen atoms in total. The van der Waals surface area contributed by atoms with Crippen LogP contribution in [0.3, 0.4) is 0 Å². The topological polar surface area (TPSA) is 54.4 Å². The van der Waals surface area contributed by atoms with Crippen LogP contribution >= 0.6 is 0 Å². The van der Waals surface area contributed by atoms with Crippen LogP contribution in [0.5, 0.6) is 0 Å². The number of aliphatic hydroxyl groups excluding tert-OH is 1. The van der Waals surface area contributed by atoms with Crippen LogP contribution in [-0.4, -0.2) is 24.9 Å². The van der Waals surface area contributed by atoms with Crippen LogP contribution in [0.1, 0.15) is 20.3 Å². The minimum absolute atomic E-state index is 0.126. The lowest BCUT2D eigenvalue weighted by molar-refractivity contribution is 0.272. The molecular weight excluding hydrogens is 212 g/mol. The Bertz CT molecular complexity index is 407. The fraction of sp³-hybridized carbons (Fsp3) is 0.455. The highest BCUT2D eigenvalue weighted by molar-refractivity contribution is 7.92. The molecule has 0 aromatic heterocycles.